The van der Waals surface area contributed by atoms with Crippen molar-refractivity contribution in [2.45, 2.75) is 0 Å². The fourth-order valence-corrected chi connectivity index (χ4v) is 8.06. The van der Waals surface area contributed by atoms with Gasteiger partial charge >= 0.3 is 0 Å². The Bertz CT molecular complexity index is 3160. The van der Waals surface area contributed by atoms with Gasteiger partial charge < -0.3 is 9.47 Å². The van der Waals surface area contributed by atoms with E-state index in [2.05, 4.69) is 125 Å². The van der Waals surface area contributed by atoms with Crippen LogP contribution in [0.3, 0.4) is 0 Å². The molecule has 0 unspecified atom stereocenters. The minimum Gasteiger partial charge on any atom is -0.310 e. The van der Waals surface area contributed by atoms with E-state index in [4.69, 9.17) is 9.97 Å². The molecule has 0 aliphatic heterocycles. The molecule has 2 heterocycles. The molecule has 0 spiro atoms. The Kier molecular flexibility index (Phi) is 9.19. The summed E-state index contributed by atoms with van der Waals surface area (Å²) in [5.41, 5.74) is 12.4. The van der Waals surface area contributed by atoms with E-state index in [1.54, 1.807) is 6.07 Å². The monoisotopic (exact) mass is 766 g/mol. The van der Waals surface area contributed by atoms with Crippen LogP contribution in [-0.4, -0.2) is 14.5 Å². The maximum Gasteiger partial charge on any atom is 0.160 e. The number of hydrogen-bond donors (Lipinski definition) is 0. The summed E-state index contributed by atoms with van der Waals surface area (Å²) in [4.78, 5) is 12.1. The molecule has 6 nitrogen and oxygen atoms in total. The molecule has 0 aliphatic rings. The van der Waals surface area contributed by atoms with Crippen LogP contribution in [0.1, 0.15) is 11.1 Å². The predicted octanol–water partition coefficient (Wildman–Crippen LogP) is 13.5. The van der Waals surface area contributed by atoms with Gasteiger partial charge in [-0.2, -0.15) is 10.5 Å². The molecule has 10 aromatic rings. The van der Waals surface area contributed by atoms with Gasteiger partial charge in [-0.15, -0.1) is 0 Å². The number of nitriles is 2. The third-order valence-electron chi connectivity index (χ3n) is 10.9. The van der Waals surface area contributed by atoms with Crippen LogP contribution in [0, 0.1) is 22.7 Å². The fraction of sp³-hybridized carbons (Fsp3) is 0. The van der Waals surface area contributed by atoms with Crippen LogP contribution in [0.2, 0.25) is 0 Å². The highest BCUT2D eigenvalue weighted by atomic mass is 15.1. The average molecular weight is 767 g/mol. The summed E-state index contributed by atoms with van der Waals surface area (Å²) in [6.45, 7) is 0. The molecule has 0 saturated carbocycles. The summed E-state index contributed by atoms with van der Waals surface area (Å²) in [5.74, 6) is 0.542. The Morgan fingerprint density at radius 1 is 0.400 bits per heavy atom. The third kappa shape index (κ3) is 6.51. The quantitative estimate of drug-likeness (QED) is 0.154. The molecule has 280 valence electrons. The minimum atomic E-state index is 0.419. The maximum absolute atomic E-state index is 10.6. The zero-order chi connectivity index (χ0) is 40.4. The Balaban J connectivity index is 1.05. The van der Waals surface area contributed by atoms with E-state index in [1.165, 1.54) is 0 Å². The molecule has 8 aromatic carbocycles. The lowest BCUT2D eigenvalue weighted by Gasteiger charge is -2.25. The molecule has 0 fully saturated rings. The van der Waals surface area contributed by atoms with E-state index in [0.717, 1.165) is 66.9 Å². The van der Waals surface area contributed by atoms with E-state index in [-0.39, 0.29) is 0 Å². The zero-order valence-corrected chi connectivity index (χ0v) is 32.3. The summed E-state index contributed by atoms with van der Waals surface area (Å²) in [6.07, 6.45) is 0. The Hall–Kier alpha value is -8.58. The lowest BCUT2D eigenvalue weighted by Crippen LogP contribution is -2.09. The van der Waals surface area contributed by atoms with Crippen molar-refractivity contribution in [2.75, 3.05) is 4.90 Å². The molecule has 0 bridgehead atoms. The lowest BCUT2D eigenvalue weighted by atomic mass is 9.92. The molecule has 0 aliphatic carbocycles. The molecule has 0 N–H and O–H groups in total. The van der Waals surface area contributed by atoms with Crippen molar-refractivity contribution in [2.24, 2.45) is 0 Å². The van der Waals surface area contributed by atoms with Crippen LogP contribution in [0.4, 0.5) is 17.1 Å². The fourth-order valence-electron chi connectivity index (χ4n) is 8.06. The van der Waals surface area contributed by atoms with Crippen LogP contribution in [-0.2, 0) is 0 Å². The predicted molar refractivity (Wildman–Crippen MR) is 242 cm³/mol. The number of anilines is 3. The molecule has 10 rings (SSSR count). The highest BCUT2D eigenvalue weighted by Crippen LogP contribution is 2.40. The molecular weight excluding hydrogens is 733 g/mol. The summed E-state index contributed by atoms with van der Waals surface area (Å²) in [5, 5.41) is 23.4. The van der Waals surface area contributed by atoms with Crippen LogP contribution >= 0.6 is 0 Å². The Morgan fingerprint density at radius 3 is 1.58 bits per heavy atom. The van der Waals surface area contributed by atoms with Gasteiger partial charge in [-0.1, -0.05) is 127 Å². The van der Waals surface area contributed by atoms with E-state index in [9.17, 15) is 10.5 Å². The van der Waals surface area contributed by atoms with Crippen molar-refractivity contribution in [3.8, 4) is 62.9 Å². The highest BCUT2D eigenvalue weighted by Gasteiger charge is 2.20. The number of benzene rings is 8. The second-order valence-electron chi connectivity index (χ2n) is 14.5. The van der Waals surface area contributed by atoms with Crippen molar-refractivity contribution in [1.82, 2.24) is 14.5 Å². The first kappa shape index (κ1) is 35.8. The lowest BCUT2D eigenvalue weighted by molar-refractivity contribution is 1.18. The number of para-hydroxylation sites is 3. The van der Waals surface area contributed by atoms with Gasteiger partial charge in [-0.3, -0.25) is 0 Å². The average Bonchev–Trinajstić information content (AvgIpc) is 3.66. The normalized spacial score (nSPS) is 11.0. The van der Waals surface area contributed by atoms with E-state index >= 15 is 0 Å². The van der Waals surface area contributed by atoms with Gasteiger partial charge in [0.2, 0.25) is 0 Å². The van der Waals surface area contributed by atoms with Crippen LogP contribution in [0.15, 0.2) is 206 Å². The van der Waals surface area contributed by atoms with Crippen LogP contribution in [0.25, 0.3) is 72.5 Å². The Labute approximate surface area is 347 Å². The zero-order valence-electron chi connectivity index (χ0n) is 32.3. The molecule has 0 saturated heterocycles. The van der Waals surface area contributed by atoms with Gasteiger partial charge in [0.05, 0.1) is 45.7 Å². The standard InChI is InChI=1S/C54H34N6/c55-35-40-32-48(51-34-50(38-15-5-1-6-16-38)57-54(58-51)39-17-7-2-8-18-39)41(36-56)31-47(40)37-25-27-44(28-26-37)60-52-24-14-13-23-46(52)49-33-45(29-30-53(49)60)59(42-19-9-3-10-20-42)43-21-11-4-12-22-43/h1-34H. The number of rotatable bonds is 8. The van der Waals surface area contributed by atoms with Crippen molar-refractivity contribution >= 4 is 38.9 Å². The third-order valence-corrected chi connectivity index (χ3v) is 10.9. The summed E-state index contributed by atoms with van der Waals surface area (Å²) >= 11 is 0. The van der Waals surface area contributed by atoms with E-state index < -0.39 is 0 Å². The van der Waals surface area contributed by atoms with Gasteiger partial charge in [0, 0.05) is 55.8 Å². The van der Waals surface area contributed by atoms with Crippen molar-refractivity contribution in [3.05, 3.63) is 217 Å². The number of hydrogen-bond acceptors (Lipinski definition) is 5. The highest BCUT2D eigenvalue weighted by molar-refractivity contribution is 6.10. The number of fused-ring (bicyclic) bond motifs is 3. The molecule has 60 heavy (non-hydrogen) atoms. The molecule has 2 aromatic heterocycles. The molecule has 0 atom stereocenters. The molecule has 0 radical (unpaired) electrons. The van der Waals surface area contributed by atoms with Crippen LogP contribution < -0.4 is 4.90 Å². The summed E-state index contributed by atoms with van der Waals surface area (Å²) in [7, 11) is 0. The van der Waals surface area contributed by atoms with Gasteiger partial charge in [-0.05, 0) is 84.4 Å². The van der Waals surface area contributed by atoms with Crippen molar-refractivity contribution in [1.29, 1.82) is 10.5 Å². The topological polar surface area (TPSA) is 81.5 Å². The Morgan fingerprint density at radius 2 is 0.933 bits per heavy atom. The van der Waals surface area contributed by atoms with Gasteiger partial charge in [0.15, 0.2) is 5.82 Å². The largest absolute Gasteiger partial charge is 0.310 e. The van der Waals surface area contributed by atoms with E-state index in [1.807, 2.05) is 97.1 Å². The molecule has 6 heteroatoms. The summed E-state index contributed by atoms with van der Waals surface area (Å²) in [6, 6.07) is 74.2. The maximum atomic E-state index is 10.6. The first-order chi connectivity index (χ1) is 29.7. The SMILES string of the molecule is N#Cc1cc(-c2cc(-c3ccccc3)nc(-c3ccccc3)n2)c(C#N)cc1-c1ccc(-n2c3ccccc3c3cc(N(c4ccccc4)c4ccccc4)ccc32)cc1. The van der Waals surface area contributed by atoms with E-state index in [0.29, 0.717) is 33.8 Å². The van der Waals surface area contributed by atoms with Crippen LogP contribution in [0.5, 0.6) is 0 Å². The number of aromatic nitrogens is 3. The first-order valence-corrected chi connectivity index (χ1v) is 19.7. The smallest absolute Gasteiger partial charge is 0.160 e. The minimum absolute atomic E-state index is 0.419. The first-order valence-electron chi connectivity index (χ1n) is 19.7. The molecular formula is C54H34N6. The van der Waals surface area contributed by atoms with Gasteiger partial charge in [0.1, 0.15) is 0 Å². The summed E-state index contributed by atoms with van der Waals surface area (Å²) < 4.78 is 2.28. The van der Waals surface area contributed by atoms with Gasteiger partial charge in [0.25, 0.3) is 0 Å². The van der Waals surface area contributed by atoms with Crippen molar-refractivity contribution in [3.63, 3.8) is 0 Å². The number of nitrogens with zero attached hydrogens (tertiary/aromatic N) is 6. The van der Waals surface area contributed by atoms with Gasteiger partial charge in [-0.25, -0.2) is 9.97 Å². The second kappa shape index (κ2) is 15.4. The van der Waals surface area contributed by atoms with Crippen molar-refractivity contribution < 1.29 is 0 Å². The second-order valence-corrected chi connectivity index (χ2v) is 14.5. The molecule has 0 amide bonds.